The number of nitrogens with one attached hydrogen (secondary N) is 1. The summed E-state index contributed by atoms with van der Waals surface area (Å²) < 4.78 is 27.2. The van der Waals surface area contributed by atoms with Gasteiger partial charge in [-0.3, -0.25) is 0 Å². The summed E-state index contributed by atoms with van der Waals surface area (Å²) >= 11 is 0. The molecule has 0 radical (unpaired) electrons. The zero-order valence-corrected chi connectivity index (χ0v) is 12.8. The summed E-state index contributed by atoms with van der Waals surface area (Å²) in [6, 6.07) is 3.05. The lowest BCUT2D eigenvalue weighted by atomic mass is 9.81. The maximum absolute atomic E-state index is 12.3. The van der Waals surface area contributed by atoms with E-state index in [2.05, 4.69) is 28.6 Å². The molecule has 112 valence electrons. The normalized spacial score (nSPS) is 19.9. The molecule has 0 aliphatic carbocycles. The number of aromatic nitrogens is 1. The summed E-state index contributed by atoms with van der Waals surface area (Å²) in [6.07, 6.45) is 3.44. The summed E-state index contributed by atoms with van der Waals surface area (Å²) in [5.41, 5.74) is 5.63. The summed E-state index contributed by atoms with van der Waals surface area (Å²) in [7, 11) is -1.51. The molecular formula is C13H22N4O2S. The number of nitrogens with zero attached hydrogens (tertiary/aromatic N) is 2. The van der Waals surface area contributed by atoms with Crippen molar-refractivity contribution in [3.05, 3.63) is 18.3 Å². The number of piperidine rings is 1. The molecule has 1 aromatic heterocycles. The molecule has 0 unspecified atom stereocenters. The van der Waals surface area contributed by atoms with Gasteiger partial charge in [0.15, 0.2) is 0 Å². The second-order valence-electron chi connectivity index (χ2n) is 5.83. The number of likely N-dealkylation sites (tertiary alicyclic amines) is 1. The van der Waals surface area contributed by atoms with Crippen molar-refractivity contribution >= 4 is 15.8 Å². The lowest BCUT2D eigenvalue weighted by Gasteiger charge is -2.37. The molecule has 1 aliphatic heterocycles. The van der Waals surface area contributed by atoms with Crippen molar-refractivity contribution in [2.45, 2.75) is 24.7 Å². The average Bonchev–Trinajstić information content (AvgIpc) is 2.41. The molecule has 2 rings (SSSR count). The molecule has 2 heterocycles. The van der Waals surface area contributed by atoms with Gasteiger partial charge in [-0.1, -0.05) is 6.92 Å². The predicted molar refractivity (Wildman–Crippen MR) is 78.7 cm³/mol. The fraction of sp³-hybridized carbons (Fsp3) is 0.615. The van der Waals surface area contributed by atoms with E-state index < -0.39 is 10.0 Å². The Morgan fingerprint density at radius 3 is 2.70 bits per heavy atom. The third-order valence-electron chi connectivity index (χ3n) is 3.97. The number of hydrogen-bond donors (Lipinski definition) is 2. The standard InChI is InChI=1S/C13H22N4O2S/c1-13(5-8-17(2)9-6-13)10-16-20(18,19)11-4-3-7-15-12(11)14/h3-4,7,16H,5-6,8-10H2,1-2H3,(H2,14,15). The van der Waals surface area contributed by atoms with Crippen molar-refractivity contribution in [2.24, 2.45) is 5.41 Å². The fourth-order valence-corrected chi connectivity index (χ4v) is 3.59. The van der Waals surface area contributed by atoms with Gasteiger partial charge in [0.25, 0.3) is 0 Å². The van der Waals surface area contributed by atoms with Crippen LogP contribution in [0.1, 0.15) is 19.8 Å². The van der Waals surface area contributed by atoms with Gasteiger partial charge in [-0.15, -0.1) is 0 Å². The summed E-state index contributed by atoms with van der Waals surface area (Å²) in [5, 5.41) is 0. The van der Waals surface area contributed by atoms with Crippen LogP contribution >= 0.6 is 0 Å². The Bertz CT molecular complexity index is 565. The Hall–Kier alpha value is -1.18. The van der Waals surface area contributed by atoms with Crippen molar-refractivity contribution in [1.29, 1.82) is 0 Å². The topological polar surface area (TPSA) is 88.3 Å². The number of pyridine rings is 1. The van der Waals surface area contributed by atoms with E-state index in [9.17, 15) is 8.42 Å². The van der Waals surface area contributed by atoms with Crippen molar-refractivity contribution in [1.82, 2.24) is 14.6 Å². The first kappa shape index (κ1) is 15.2. The minimum Gasteiger partial charge on any atom is -0.383 e. The van der Waals surface area contributed by atoms with Crippen LogP contribution < -0.4 is 10.5 Å². The number of nitrogen functional groups attached to an aromatic ring is 1. The molecule has 0 atom stereocenters. The Morgan fingerprint density at radius 1 is 1.45 bits per heavy atom. The van der Waals surface area contributed by atoms with Gasteiger partial charge in [-0.25, -0.2) is 18.1 Å². The zero-order valence-electron chi connectivity index (χ0n) is 12.0. The maximum Gasteiger partial charge on any atom is 0.244 e. The van der Waals surface area contributed by atoms with Gasteiger partial charge in [0.05, 0.1) is 0 Å². The maximum atomic E-state index is 12.3. The van der Waals surface area contributed by atoms with E-state index in [0.29, 0.717) is 6.54 Å². The Kier molecular flexibility index (Phi) is 4.31. The van der Waals surface area contributed by atoms with E-state index in [-0.39, 0.29) is 16.1 Å². The number of hydrogen-bond acceptors (Lipinski definition) is 5. The molecular weight excluding hydrogens is 276 g/mol. The number of anilines is 1. The fourth-order valence-electron chi connectivity index (χ4n) is 2.31. The van der Waals surface area contributed by atoms with E-state index in [1.807, 2.05) is 0 Å². The summed E-state index contributed by atoms with van der Waals surface area (Å²) in [5.74, 6) is 0.0357. The van der Waals surface area contributed by atoms with Crippen molar-refractivity contribution in [3.63, 3.8) is 0 Å². The number of sulfonamides is 1. The van der Waals surface area contributed by atoms with Gasteiger partial charge in [0.2, 0.25) is 10.0 Å². The van der Waals surface area contributed by atoms with Gasteiger partial charge >= 0.3 is 0 Å². The van der Waals surface area contributed by atoms with Gasteiger partial charge in [-0.05, 0) is 50.5 Å². The van der Waals surface area contributed by atoms with Gasteiger partial charge < -0.3 is 10.6 Å². The second kappa shape index (κ2) is 5.67. The van der Waals surface area contributed by atoms with Gasteiger partial charge in [-0.2, -0.15) is 0 Å². The molecule has 1 aromatic rings. The molecule has 0 amide bonds. The highest BCUT2D eigenvalue weighted by Gasteiger charge is 2.30. The minimum atomic E-state index is -3.59. The summed E-state index contributed by atoms with van der Waals surface area (Å²) in [4.78, 5) is 6.13. The first-order chi connectivity index (χ1) is 9.32. The van der Waals surface area contributed by atoms with Gasteiger partial charge in [0.1, 0.15) is 10.7 Å². The Labute approximate surface area is 120 Å². The monoisotopic (exact) mass is 298 g/mol. The third kappa shape index (κ3) is 3.47. The molecule has 1 aliphatic rings. The van der Waals surface area contributed by atoms with Crippen molar-refractivity contribution in [2.75, 3.05) is 32.4 Å². The van der Waals surface area contributed by atoms with Gasteiger partial charge in [0, 0.05) is 12.7 Å². The van der Waals surface area contributed by atoms with Crippen molar-refractivity contribution in [3.8, 4) is 0 Å². The lowest BCUT2D eigenvalue weighted by Crippen LogP contribution is -2.43. The number of nitrogens with two attached hydrogens (primary N) is 1. The molecule has 7 heteroatoms. The highest BCUT2D eigenvalue weighted by Crippen LogP contribution is 2.30. The van der Waals surface area contributed by atoms with Crippen LogP contribution in [0.25, 0.3) is 0 Å². The van der Waals surface area contributed by atoms with Crippen LogP contribution in [0.15, 0.2) is 23.2 Å². The third-order valence-corrected chi connectivity index (χ3v) is 5.42. The summed E-state index contributed by atoms with van der Waals surface area (Å²) in [6.45, 7) is 4.53. The van der Waals surface area contributed by atoms with Crippen LogP contribution in [0, 0.1) is 5.41 Å². The largest absolute Gasteiger partial charge is 0.383 e. The van der Waals surface area contributed by atoms with E-state index in [1.54, 1.807) is 6.07 Å². The first-order valence-corrected chi connectivity index (χ1v) is 8.19. The SMILES string of the molecule is CN1CCC(C)(CNS(=O)(=O)c2cccnc2N)CC1. The molecule has 0 saturated carbocycles. The molecule has 1 fully saturated rings. The molecule has 1 saturated heterocycles. The molecule has 6 nitrogen and oxygen atoms in total. The van der Waals surface area contributed by atoms with E-state index in [0.717, 1.165) is 25.9 Å². The molecule has 20 heavy (non-hydrogen) atoms. The van der Waals surface area contributed by atoms with Crippen LogP contribution in [-0.2, 0) is 10.0 Å². The number of rotatable bonds is 4. The highest BCUT2D eigenvalue weighted by atomic mass is 32.2. The quantitative estimate of drug-likeness (QED) is 0.853. The van der Waals surface area contributed by atoms with E-state index in [4.69, 9.17) is 5.73 Å². The lowest BCUT2D eigenvalue weighted by molar-refractivity contribution is 0.143. The Morgan fingerprint density at radius 2 is 2.10 bits per heavy atom. The second-order valence-corrected chi connectivity index (χ2v) is 7.56. The van der Waals surface area contributed by atoms with E-state index in [1.165, 1.54) is 12.3 Å². The van der Waals surface area contributed by atoms with Crippen LogP contribution in [0.5, 0.6) is 0 Å². The van der Waals surface area contributed by atoms with Crippen molar-refractivity contribution < 1.29 is 8.42 Å². The highest BCUT2D eigenvalue weighted by molar-refractivity contribution is 7.89. The minimum absolute atomic E-state index is 0.00342. The zero-order chi connectivity index (χ0) is 14.8. The predicted octanol–water partition coefficient (Wildman–Crippen LogP) is 0.674. The Balaban J connectivity index is 2.05. The smallest absolute Gasteiger partial charge is 0.244 e. The van der Waals surface area contributed by atoms with Crippen LogP contribution in [0.3, 0.4) is 0 Å². The first-order valence-electron chi connectivity index (χ1n) is 6.71. The van der Waals surface area contributed by atoms with E-state index >= 15 is 0 Å². The van der Waals surface area contributed by atoms with Crippen LogP contribution in [-0.4, -0.2) is 45.0 Å². The van der Waals surface area contributed by atoms with Crippen LogP contribution in [0.4, 0.5) is 5.82 Å². The molecule has 0 spiro atoms. The molecule has 0 bridgehead atoms. The average molecular weight is 298 g/mol. The molecule has 3 N–H and O–H groups in total. The molecule has 0 aromatic carbocycles. The van der Waals surface area contributed by atoms with Crippen LogP contribution in [0.2, 0.25) is 0 Å².